The quantitative estimate of drug-likeness (QED) is 0.909. The second kappa shape index (κ2) is 4.76. The van der Waals surface area contributed by atoms with Crippen LogP contribution in [0.15, 0.2) is 22.9 Å². The molecule has 0 bridgehead atoms. The van der Waals surface area contributed by atoms with Crippen LogP contribution in [0.5, 0.6) is 0 Å². The van der Waals surface area contributed by atoms with Crippen molar-refractivity contribution in [1.82, 2.24) is 4.98 Å². The van der Waals surface area contributed by atoms with Crippen LogP contribution in [0.4, 0.5) is 5.13 Å². The first kappa shape index (κ1) is 11.3. The third-order valence-electron chi connectivity index (χ3n) is 2.03. The lowest BCUT2D eigenvalue weighted by atomic mass is 10.2. The minimum absolute atomic E-state index is 0.00656. The van der Waals surface area contributed by atoms with Crippen LogP contribution < -0.4 is 5.32 Å². The maximum absolute atomic E-state index is 11.5. The van der Waals surface area contributed by atoms with E-state index in [2.05, 4.69) is 10.3 Å². The number of aromatic nitrogens is 1. The number of rotatable bonds is 3. The van der Waals surface area contributed by atoms with E-state index in [1.165, 1.54) is 11.3 Å². The highest BCUT2D eigenvalue weighted by atomic mass is 32.1. The molecule has 0 radical (unpaired) electrons. The third kappa shape index (κ3) is 2.48. The van der Waals surface area contributed by atoms with Gasteiger partial charge in [0.1, 0.15) is 0 Å². The molecule has 0 unspecified atom stereocenters. The van der Waals surface area contributed by atoms with E-state index < -0.39 is 0 Å². The first-order chi connectivity index (χ1) is 7.66. The van der Waals surface area contributed by atoms with Gasteiger partial charge in [0, 0.05) is 11.3 Å². The minimum Gasteiger partial charge on any atom is -0.302 e. The number of nitrogens with zero attached hydrogens (tertiary/aromatic N) is 1. The van der Waals surface area contributed by atoms with Gasteiger partial charge in [-0.05, 0) is 11.4 Å². The van der Waals surface area contributed by atoms with E-state index in [0.29, 0.717) is 5.13 Å². The molecule has 0 saturated heterocycles. The van der Waals surface area contributed by atoms with Gasteiger partial charge >= 0.3 is 0 Å². The van der Waals surface area contributed by atoms with Gasteiger partial charge in [0.2, 0.25) is 5.91 Å². The zero-order valence-corrected chi connectivity index (χ0v) is 10.7. The summed E-state index contributed by atoms with van der Waals surface area (Å²) in [6.45, 7) is 3.73. The predicted octanol–water partition coefficient (Wildman–Crippen LogP) is 3.47. The number of hydrogen-bond acceptors (Lipinski definition) is 4. The van der Waals surface area contributed by atoms with Gasteiger partial charge in [-0.3, -0.25) is 4.79 Å². The summed E-state index contributed by atoms with van der Waals surface area (Å²) in [5.41, 5.74) is 0.930. The fourth-order valence-corrected chi connectivity index (χ4v) is 2.59. The van der Waals surface area contributed by atoms with Crippen LogP contribution in [-0.2, 0) is 4.79 Å². The van der Waals surface area contributed by atoms with Gasteiger partial charge in [0.05, 0.1) is 10.6 Å². The molecule has 0 aliphatic heterocycles. The Kier molecular flexibility index (Phi) is 3.36. The van der Waals surface area contributed by atoms with Crippen LogP contribution in [0.1, 0.15) is 13.8 Å². The summed E-state index contributed by atoms with van der Waals surface area (Å²) in [5, 5.41) is 7.44. The van der Waals surface area contributed by atoms with Crippen molar-refractivity contribution in [2.24, 2.45) is 5.92 Å². The summed E-state index contributed by atoms with van der Waals surface area (Å²) in [6, 6.07) is 4.01. The van der Waals surface area contributed by atoms with Crippen LogP contribution in [-0.4, -0.2) is 10.9 Å². The number of carbonyl (C=O) groups excluding carboxylic acids is 1. The summed E-state index contributed by atoms with van der Waals surface area (Å²) in [4.78, 5) is 17.0. The summed E-state index contributed by atoms with van der Waals surface area (Å²) in [6.07, 6.45) is 0. The number of carbonyl (C=O) groups is 1. The van der Waals surface area contributed by atoms with E-state index >= 15 is 0 Å². The molecule has 1 N–H and O–H groups in total. The third-order valence-corrected chi connectivity index (χ3v) is 3.68. The van der Waals surface area contributed by atoms with Crippen molar-refractivity contribution in [1.29, 1.82) is 0 Å². The molecule has 1 amide bonds. The van der Waals surface area contributed by atoms with Crippen LogP contribution in [0, 0.1) is 5.92 Å². The van der Waals surface area contributed by atoms with Gasteiger partial charge in [0.15, 0.2) is 5.13 Å². The standard InChI is InChI=1S/C11H12N2OS2/c1-7(2)10(14)13-11-12-8(6-16-11)9-4-3-5-15-9/h3-7H,1-2H3,(H,12,13,14). The zero-order valence-electron chi connectivity index (χ0n) is 9.06. The lowest BCUT2D eigenvalue weighted by Crippen LogP contribution is -2.17. The van der Waals surface area contributed by atoms with Crippen LogP contribution >= 0.6 is 22.7 Å². The lowest BCUT2D eigenvalue weighted by molar-refractivity contribution is -0.118. The zero-order chi connectivity index (χ0) is 11.5. The summed E-state index contributed by atoms with van der Waals surface area (Å²) in [5.74, 6) is -0.0128. The molecule has 84 valence electrons. The molecular weight excluding hydrogens is 240 g/mol. The summed E-state index contributed by atoms with van der Waals surface area (Å²) < 4.78 is 0. The van der Waals surface area contributed by atoms with E-state index in [9.17, 15) is 4.79 Å². The molecule has 2 aromatic heterocycles. The van der Waals surface area contributed by atoms with E-state index in [1.54, 1.807) is 11.3 Å². The topological polar surface area (TPSA) is 42.0 Å². The molecule has 0 saturated carbocycles. The highest BCUT2D eigenvalue weighted by Gasteiger charge is 2.10. The average Bonchev–Trinajstić information content (AvgIpc) is 2.85. The maximum atomic E-state index is 11.5. The Morgan fingerprint density at radius 1 is 1.44 bits per heavy atom. The van der Waals surface area contributed by atoms with Gasteiger partial charge in [-0.2, -0.15) is 0 Å². The molecule has 0 atom stereocenters. The molecule has 0 aliphatic rings. The monoisotopic (exact) mass is 252 g/mol. The van der Waals surface area contributed by atoms with E-state index in [1.807, 2.05) is 36.7 Å². The fraction of sp³-hybridized carbons (Fsp3) is 0.273. The summed E-state index contributed by atoms with van der Waals surface area (Å²) >= 11 is 3.10. The van der Waals surface area contributed by atoms with Crippen molar-refractivity contribution in [2.75, 3.05) is 5.32 Å². The van der Waals surface area contributed by atoms with Gasteiger partial charge in [-0.25, -0.2) is 4.98 Å². The van der Waals surface area contributed by atoms with Gasteiger partial charge < -0.3 is 5.32 Å². The van der Waals surface area contributed by atoms with Gasteiger partial charge in [0.25, 0.3) is 0 Å². The molecule has 0 spiro atoms. The number of anilines is 1. The Hall–Kier alpha value is -1.20. The number of hydrogen-bond donors (Lipinski definition) is 1. The largest absolute Gasteiger partial charge is 0.302 e. The molecule has 0 fully saturated rings. The molecule has 0 aliphatic carbocycles. The molecule has 2 heterocycles. The van der Waals surface area contributed by atoms with Crippen molar-refractivity contribution in [3.05, 3.63) is 22.9 Å². The Labute approximate surface area is 102 Å². The first-order valence-corrected chi connectivity index (χ1v) is 6.73. The fourth-order valence-electron chi connectivity index (χ4n) is 1.12. The number of thiazole rings is 1. The van der Waals surface area contributed by atoms with Crippen LogP contribution in [0.25, 0.3) is 10.6 Å². The van der Waals surface area contributed by atoms with E-state index in [0.717, 1.165) is 10.6 Å². The number of amides is 1. The predicted molar refractivity (Wildman–Crippen MR) is 68.9 cm³/mol. The molecule has 3 nitrogen and oxygen atoms in total. The van der Waals surface area contributed by atoms with Crippen molar-refractivity contribution in [3.63, 3.8) is 0 Å². The molecule has 16 heavy (non-hydrogen) atoms. The van der Waals surface area contributed by atoms with E-state index in [-0.39, 0.29) is 11.8 Å². The van der Waals surface area contributed by atoms with Crippen molar-refractivity contribution in [2.45, 2.75) is 13.8 Å². The Bertz CT molecular complexity index is 474. The van der Waals surface area contributed by atoms with Gasteiger partial charge in [-0.15, -0.1) is 22.7 Å². The molecular formula is C11H12N2OS2. The Morgan fingerprint density at radius 3 is 2.88 bits per heavy atom. The molecule has 5 heteroatoms. The highest BCUT2D eigenvalue weighted by Crippen LogP contribution is 2.28. The SMILES string of the molecule is CC(C)C(=O)Nc1nc(-c2cccs2)cs1. The van der Waals surface area contributed by atoms with Crippen molar-refractivity contribution < 1.29 is 4.79 Å². The van der Waals surface area contributed by atoms with Gasteiger partial charge in [-0.1, -0.05) is 19.9 Å². The lowest BCUT2D eigenvalue weighted by Gasteiger charge is -2.02. The molecule has 2 aromatic rings. The Balaban J connectivity index is 2.11. The summed E-state index contributed by atoms with van der Waals surface area (Å²) in [7, 11) is 0. The Morgan fingerprint density at radius 2 is 2.25 bits per heavy atom. The number of thiophene rings is 1. The minimum atomic E-state index is -0.0194. The molecule has 0 aromatic carbocycles. The average molecular weight is 252 g/mol. The highest BCUT2D eigenvalue weighted by molar-refractivity contribution is 7.16. The van der Waals surface area contributed by atoms with Crippen molar-refractivity contribution in [3.8, 4) is 10.6 Å². The normalized spacial score (nSPS) is 10.7. The second-order valence-corrected chi connectivity index (χ2v) is 5.46. The second-order valence-electron chi connectivity index (χ2n) is 3.66. The van der Waals surface area contributed by atoms with Crippen molar-refractivity contribution >= 4 is 33.7 Å². The van der Waals surface area contributed by atoms with E-state index in [4.69, 9.17) is 0 Å². The first-order valence-electron chi connectivity index (χ1n) is 4.97. The number of nitrogens with one attached hydrogen (secondary N) is 1. The van der Waals surface area contributed by atoms with Crippen LogP contribution in [0.3, 0.4) is 0 Å². The maximum Gasteiger partial charge on any atom is 0.228 e. The molecule has 2 rings (SSSR count). The smallest absolute Gasteiger partial charge is 0.228 e. The van der Waals surface area contributed by atoms with Crippen LogP contribution in [0.2, 0.25) is 0 Å².